The lowest BCUT2D eigenvalue weighted by Gasteiger charge is -2.09. The van der Waals surface area contributed by atoms with Crippen molar-refractivity contribution in [3.63, 3.8) is 0 Å². The van der Waals surface area contributed by atoms with E-state index in [9.17, 15) is 4.79 Å². The molecule has 4 rings (SSSR count). The van der Waals surface area contributed by atoms with E-state index in [0.717, 1.165) is 21.3 Å². The Hall–Kier alpha value is -2.70. The number of benzene rings is 2. The average molecular weight is 370 g/mol. The van der Waals surface area contributed by atoms with Gasteiger partial charge in [0.1, 0.15) is 5.52 Å². The first kappa shape index (κ1) is 15.8. The molecule has 1 N–H and O–H groups in total. The van der Waals surface area contributed by atoms with Gasteiger partial charge in [-0.15, -0.1) is 11.3 Å². The van der Waals surface area contributed by atoms with Gasteiger partial charge in [0, 0.05) is 16.1 Å². The lowest BCUT2D eigenvalue weighted by atomic mass is 10.1. The maximum Gasteiger partial charge on any atom is 0.337 e. The predicted molar refractivity (Wildman–Crippen MR) is 101 cm³/mol. The molecular weight excluding hydrogens is 358 g/mol. The molecule has 0 atom stereocenters. The van der Waals surface area contributed by atoms with Crippen LogP contribution in [0.15, 0.2) is 48.0 Å². The molecule has 0 aliphatic heterocycles. The van der Waals surface area contributed by atoms with E-state index in [4.69, 9.17) is 16.3 Å². The molecule has 2 heterocycles. The molecule has 0 saturated carbocycles. The zero-order chi connectivity index (χ0) is 17.4. The Morgan fingerprint density at radius 2 is 2.12 bits per heavy atom. The maximum absolute atomic E-state index is 11.8. The number of thiazole rings is 1. The highest BCUT2D eigenvalue weighted by Gasteiger charge is 2.14. The summed E-state index contributed by atoms with van der Waals surface area (Å²) < 4.78 is 5.80. The maximum atomic E-state index is 11.8. The molecule has 0 amide bonds. The van der Waals surface area contributed by atoms with E-state index in [-0.39, 0.29) is 0 Å². The minimum Gasteiger partial charge on any atom is -0.465 e. The molecule has 2 aromatic carbocycles. The number of carbonyl (C=O) groups excluding carboxylic acids is 1. The molecular formula is C18H12ClN3O2S. The number of carbonyl (C=O) groups is 1. The van der Waals surface area contributed by atoms with Crippen LogP contribution in [0, 0.1) is 0 Å². The number of halogens is 1. The van der Waals surface area contributed by atoms with Crippen molar-refractivity contribution < 1.29 is 9.53 Å². The number of fused-ring (bicyclic) bond motifs is 3. The quantitative estimate of drug-likeness (QED) is 0.513. The molecule has 0 bridgehead atoms. The normalized spacial score (nSPS) is 11.0. The monoisotopic (exact) mass is 369 g/mol. The number of hydrogen-bond donors (Lipinski definition) is 1. The number of nitrogens with zero attached hydrogens (tertiary/aromatic N) is 2. The van der Waals surface area contributed by atoms with E-state index in [1.165, 1.54) is 18.4 Å². The standard InChI is InChI=1S/C18H12ClN3O2S/c1-24-18(23)10-5-6-13-14(7-10)22-17(15-16(13)25-9-20-15)21-12-4-2-3-11(19)8-12/h2-9H,1H3,(H,21,22). The van der Waals surface area contributed by atoms with Crippen LogP contribution in [-0.2, 0) is 4.74 Å². The summed E-state index contributed by atoms with van der Waals surface area (Å²) in [7, 11) is 1.36. The lowest BCUT2D eigenvalue weighted by molar-refractivity contribution is 0.0601. The number of hydrogen-bond acceptors (Lipinski definition) is 6. The van der Waals surface area contributed by atoms with Crippen LogP contribution in [0.4, 0.5) is 11.5 Å². The van der Waals surface area contributed by atoms with Crippen molar-refractivity contribution in [2.45, 2.75) is 0 Å². The lowest BCUT2D eigenvalue weighted by Crippen LogP contribution is -2.01. The first-order valence-electron chi connectivity index (χ1n) is 7.43. The first-order valence-corrected chi connectivity index (χ1v) is 8.69. The summed E-state index contributed by atoms with van der Waals surface area (Å²) in [5, 5.41) is 4.84. The van der Waals surface area contributed by atoms with Crippen molar-refractivity contribution in [1.82, 2.24) is 9.97 Å². The number of aromatic nitrogens is 2. The predicted octanol–water partition coefficient (Wildman–Crippen LogP) is 5.03. The van der Waals surface area contributed by atoms with Gasteiger partial charge in [-0.25, -0.2) is 14.8 Å². The van der Waals surface area contributed by atoms with Gasteiger partial charge in [0.2, 0.25) is 0 Å². The van der Waals surface area contributed by atoms with Crippen molar-refractivity contribution in [3.05, 3.63) is 58.6 Å². The highest BCUT2D eigenvalue weighted by molar-refractivity contribution is 7.17. The number of ether oxygens (including phenoxy) is 1. The van der Waals surface area contributed by atoms with Crippen LogP contribution in [0.25, 0.3) is 21.1 Å². The van der Waals surface area contributed by atoms with Gasteiger partial charge in [-0.05, 0) is 30.3 Å². The van der Waals surface area contributed by atoms with Crippen molar-refractivity contribution in [1.29, 1.82) is 0 Å². The van der Waals surface area contributed by atoms with Gasteiger partial charge >= 0.3 is 5.97 Å². The Kier molecular flexibility index (Phi) is 3.99. The molecule has 0 spiro atoms. The molecule has 0 aliphatic carbocycles. The SMILES string of the molecule is COC(=O)c1ccc2c(c1)nc(Nc1cccc(Cl)c1)c1ncsc12. The van der Waals surface area contributed by atoms with Crippen LogP contribution < -0.4 is 5.32 Å². The van der Waals surface area contributed by atoms with Crippen LogP contribution in [0.3, 0.4) is 0 Å². The third-order valence-corrected chi connectivity index (χ3v) is 4.87. The Morgan fingerprint density at radius 3 is 2.92 bits per heavy atom. The minimum absolute atomic E-state index is 0.391. The zero-order valence-corrected chi connectivity index (χ0v) is 14.7. The molecule has 124 valence electrons. The van der Waals surface area contributed by atoms with E-state index in [1.807, 2.05) is 30.3 Å². The minimum atomic E-state index is -0.391. The van der Waals surface area contributed by atoms with Crippen LogP contribution in [0.2, 0.25) is 5.02 Å². The smallest absolute Gasteiger partial charge is 0.337 e. The van der Waals surface area contributed by atoms with Gasteiger partial charge in [-0.3, -0.25) is 0 Å². The topological polar surface area (TPSA) is 64.1 Å². The summed E-state index contributed by atoms with van der Waals surface area (Å²) in [6.45, 7) is 0. The summed E-state index contributed by atoms with van der Waals surface area (Å²) >= 11 is 7.58. The van der Waals surface area contributed by atoms with E-state index in [0.29, 0.717) is 21.9 Å². The molecule has 7 heteroatoms. The van der Waals surface area contributed by atoms with Crippen LogP contribution in [-0.4, -0.2) is 23.0 Å². The van der Waals surface area contributed by atoms with Gasteiger partial charge in [0.25, 0.3) is 0 Å². The van der Waals surface area contributed by atoms with Crippen molar-refractivity contribution in [2.24, 2.45) is 0 Å². The molecule has 25 heavy (non-hydrogen) atoms. The largest absolute Gasteiger partial charge is 0.465 e. The third kappa shape index (κ3) is 2.90. The Balaban J connectivity index is 1.89. The summed E-state index contributed by atoms with van der Waals surface area (Å²) in [6, 6.07) is 12.7. The zero-order valence-electron chi connectivity index (χ0n) is 13.1. The third-order valence-electron chi connectivity index (χ3n) is 3.77. The number of rotatable bonds is 3. The highest BCUT2D eigenvalue weighted by atomic mass is 35.5. The number of nitrogens with one attached hydrogen (secondary N) is 1. The number of esters is 1. The van der Waals surface area contributed by atoms with Gasteiger partial charge in [0.05, 0.1) is 28.4 Å². The summed E-state index contributed by atoms with van der Waals surface area (Å²) in [5.41, 5.74) is 4.54. The summed E-state index contributed by atoms with van der Waals surface area (Å²) in [6.07, 6.45) is 0. The van der Waals surface area contributed by atoms with Gasteiger partial charge in [-0.2, -0.15) is 0 Å². The fraction of sp³-hybridized carbons (Fsp3) is 0.0556. The fourth-order valence-electron chi connectivity index (χ4n) is 2.63. The molecule has 0 radical (unpaired) electrons. The van der Waals surface area contributed by atoms with Gasteiger partial charge < -0.3 is 10.1 Å². The number of pyridine rings is 1. The average Bonchev–Trinajstić information content (AvgIpc) is 3.11. The molecule has 2 aromatic heterocycles. The highest BCUT2D eigenvalue weighted by Crippen LogP contribution is 2.33. The Bertz CT molecular complexity index is 1110. The second kappa shape index (κ2) is 6.31. The van der Waals surface area contributed by atoms with Crippen molar-refractivity contribution in [2.75, 3.05) is 12.4 Å². The molecule has 0 fully saturated rings. The number of anilines is 2. The van der Waals surface area contributed by atoms with E-state index in [2.05, 4.69) is 15.3 Å². The second-order valence-electron chi connectivity index (χ2n) is 5.35. The molecule has 0 unspecified atom stereocenters. The van der Waals surface area contributed by atoms with E-state index < -0.39 is 5.97 Å². The van der Waals surface area contributed by atoms with E-state index in [1.54, 1.807) is 17.6 Å². The molecule has 0 aliphatic rings. The molecule has 4 aromatic rings. The number of methoxy groups -OCH3 is 1. The van der Waals surface area contributed by atoms with Crippen LogP contribution >= 0.6 is 22.9 Å². The van der Waals surface area contributed by atoms with Gasteiger partial charge in [0.15, 0.2) is 5.82 Å². The Morgan fingerprint density at radius 1 is 1.24 bits per heavy atom. The van der Waals surface area contributed by atoms with Crippen LogP contribution in [0.1, 0.15) is 10.4 Å². The summed E-state index contributed by atoms with van der Waals surface area (Å²) in [4.78, 5) is 20.9. The van der Waals surface area contributed by atoms with Crippen molar-refractivity contribution >= 4 is 61.5 Å². The summed E-state index contributed by atoms with van der Waals surface area (Å²) in [5.74, 6) is 0.227. The van der Waals surface area contributed by atoms with Crippen molar-refractivity contribution in [3.8, 4) is 0 Å². The molecule has 0 saturated heterocycles. The Labute approximate surface area is 152 Å². The van der Waals surface area contributed by atoms with Crippen LogP contribution in [0.5, 0.6) is 0 Å². The first-order chi connectivity index (χ1) is 12.2. The molecule has 5 nitrogen and oxygen atoms in total. The van der Waals surface area contributed by atoms with E-state index >= 15 is 0 Å². The fourth-order valence-corrected chi connectivity index (χ4v) is 3.64. The van der Waals surface area contributed by atoms with Gasteiger partial charge in [-0.1, -0.05) is 23.7 Å². The second-order valence-corrected chi connectivity index (χ2v) is 6.64.